The van der Waals surface area contributed by atoms with Crippen LogP contribution in [0, 0.1) is 0 Å². The van der Waals surface area contributed by atoms with Crippen LogP contribution in [0.1, 0.15) is 56.9 Å². The molecule has 3 N–H and O–H groups in total. The average molecular weight is 529 g/mol. The van der Waals surface area contributed by atoms with Crippen LogP contribution in [0.5, 0.6) is 0 Å². The van der Waals surface area contributed by atoms with E-state index in [0.717, 1.165) is 38.0 Å². The molecule has 204 valence electrons. The fourth-order valence-electron chi connectivity index (χ4n) is 5.63. The number of aromatic nitrogens is 1. The summed E-state index contributed by atoms with van der Waals surface area (Å²) in [6, 6.07) is 19.1. The monoisotopic (exact) mass is 528 g/mol. The van der Waals surface area contributed by atoms with E-state index in [-0.39, 0.29) is 23.4 Å². The van der Waals surface area contributed by atoms with Crippen LogP contribution < -0.4 is 16.0 Å². The normalized spacial score (nSPS) is 15.7. The highest BCUT2D eigenvalue weighted by molar-refractivity contribution is 5.94. The van der Waals surface area contributed by atoms with Gasteiger partial charge in [-0.3, -0.25) is 14.5 Å². The molecule has 1 aliphatic heterocycles. The van der Waals surface area contributed by atoms with E-state index in [1.165, 1.54) is 17.7 Å². The smallest absolute Gasteiger partial charge is 0.318 e. The number of anilines is 1. The molecule has 1 aromatic heterocycles. The zero-order valence-electron chi connectivity index (χ0n) is 22.8. The van der Waals surface area contributed by atoms with Gasteiger partial charge in [-0.05, 0) is 66.8 Å². The molecule has 1 spiro atoms. The number of carbonyl (C=O) groups excluding carboxylic acids is 3. The summed E-state index contributed by atoms with van der Waals surface area (Å²) in [5, 5.41) is 8.31. The van der Waals surface area contributed by atoms with Crippen molar-refractivity contribution < 1.29 is 14.4 Å². The first-order chi connectivity index (χ1) is 18.8. The average Bonchev–Trinajstić information content (AvgIpc) is 3.36. The minimum atomic E-state index is -0.272. The number of hydrogen-bond acceptors (Lipinski definition) is 4. The fraction of sp³-hybridized carbons (Fsp3) is 0.367. The lowest BCUT2D eigenvalue weighted by Gasteiger charge is -2.53. The van der Waals surface area contributed by atoms with Crippen molar-refractivity contribution >= 4 is 23.5 Å². The fourth-order valence-corrected chi connectivity index (χ4v) is 5.63. The van der Waals surface area contributed by atoms with E-state index in [1.807, 2.05) is 42.5 Å². The van der Waals surface area contributed by atoms with Crippen LogP contribution in [-0.4, -0.2) is 59.9 Å². The molecule has 1 saturated carbocycles. The summed E-state index contributed by atoms with van der Waals surface area (Å²) in [7, 11) is 5.10. The molecule has 3 aromatic rings. The maximum atomic E-state index is 13.2. The number of nitrogens with zero attached hydrogens (tertiary/aromatic N) is 3. The summed E-state index contributed by atoms with van der Waals surface area (Å²) in [4.78, 5) is 41.0. The van der Waals surface area contributed by atoms with Gasteiger partial charge < -0.3 is 25.4 Å². The van der Waals surface area contributed by atoms with E-state index in [1.54, 1.807) is 26.0 Å². The van der Waals surface area contributed by atoms with E-state index in [0.29, 0.717) is 23.5 Å². The summed E-state index contributed by atoms with van der Waals surface area (Å²) in [6.45, 7) is 2.83. The maximum Gasteiger partial charge on any atom is 0.318 e. The van der Waals surface area contributed by atoms with Crippen LogP contribution in [0.25, 0.3) is 0 Å². The molecule has 0 bridgehead atoms. The Morgan fingerprint density at radius 2 is 1.59 bits per heavy atom. The summed E-state index contributed by atoms with van der Waals surface area (Å²) in [6.07, 6.45) is 3.32. The van der Waals surface area contributed by atoms with Crippen molar-refractivity contribution in [2.24, 2.45) is 0 Å². The second-order valence-corrected chi connectivity index (χ2v) is 10.5. The number of fused-ring (bicyclic) bond motifs is 2. The van der Waals surface area contributed by atoms with E-state index >= 15 is 0 Å². The van der Waals surface area contributed by atoms with Gasteiger partial charge in [0.25, 0.3) is 11.8 Å². The number of benzene rings is 2. The maximum absolute atomic E-state index is 13.2. The summed E-state index contributed by atoms with van der Waals surface area (Å²) >= 11 is 0. The Labute approximate surface area is 229 Å². The lowest BCUT2D eigenvalue weighted by atomic mass is 9.71. The molecule has 0 radical (unpaired) electrons. The van der Waals surface area contributed by atoms with E-state index in [2.05, 4.69) is 43.6 Å². The number of urea groups is 1. The van der Waals surface area contributed by atoms with Crippen LogP contribution in [0.2, 0.25) is 0 Å². The predicted molar refractivity (Wildman–Crippen MR) is 151 cm³/mol. The zero-order chi connectivity index (χ0) is 27.6. The Balaban J connectivity index is 1.25. The second kappa shape index (κ2) is 10.9. The third-order valence-electron chi connectivity index (χ3n) is 7.94. The van der Waals surface area contributed by atoms with Crippen molar-refractivity contribution in [2.45, 2.75) is 44.4 Å². The first-order valence-corrected chi connectivity index (χ1v) is 13.4. The molecule has 5 rings (SSSR count). The molecular weight excluding hydrogens is 492 g/mol. The molecule has 0 unspecified atom stereocenters. The van der Waals surface area contributed by atoms with Crippen LogP contribution in [0.4, 0.5) is 10.5 Å². The lowest BCUT2D eigenvalue weighted by molar-refractivity contribution is -0.0217. The van der Waals surface area contributed by atoms with Gasteiger partial charge in [0.05, 0.1) is 5.54 Å². The van der Waals surface area contributed by atoms with Gasteiger partial charge in [-0.25, -0.2) is 4.79 Å². The van der Waals surface area contributed by atoms with E-state index in [9.17, 15) is 14.4 Å². The second-order valence-electron chi connectivity index (χ2n) is 10.5. The molecule has 2 heterocycles. The number of carbonyl (C=O) groups is 3. The van der Waals surface area contributed by atoms with E-state index < -0.39 is 0 Å². The molecule has 9 heteroatoms. The summed E-state index contributed by atoms with van der Waals surface area (Å²) < 4.78 is 2.19. The van der Waals surface area contributed by atoms with Crippen molar-refractivity contribution in [1.29, 1.82) is 0 Å². The van der Waals surface area contributed by atoms with Gasteiger partial charge in [0.1, 0.15) is 5.69 Å². The van der Waals surface area contributed by atoms with Crippen molar-refractivity contribution in [3.8, 4) is 0 Å². The lowest BCUT2D eigenvalue weighted by Crippen LogP contribution is -2.56. The Morgan fingerprint density at radius 1 is 0.897 bits per heavy atom. The van der Waals surface area contributed by atoms with Gasteiger partial charge in [-0.15, -0.1) is 0 Å². The third-order valence-corrected chi connectivity index (χ3v) is 7.94. The van der Waals surface area contributed by atoms with Gasteiger partial charge in [0.2, 0.25) is 0 Å². The molecule has 9 nitrogen and oxygen atoms in total. The highest BCUT2D eigenvalue weighted by Gasteiger charge is 2.48. The highest BCUT2D eigenvalue weighted by Crippen LogP contribution is 2.49. The number of nitrogens with one attached hydrogen (secondary N) is 3. The van der Waals surface area contributed by atoms with Crippen LogP contribution in [0.15, 0.2) is 60.7 Å². The zero-order valence-corrected chi connectivity index (χ0v) is 22.8. The number of hydrogen-bond donors (Lipinski definition) is 3. The number of rotatable bonds is 7. The van der Waals surface area contributed by atoms with Crippen molar-refractivity contribution in [1.82, 2.24) is 25.0 Å². The SMILES string of the molecule is CNC(=O)Nc1ccc(CNC(=O)c2ccc3n2CCN(Cc2ccc(C(=O)N(C)C)cc2)C32CCC2)cc1. The van der Waals surface area contributed by atoms with Gasteiger partial charge >= 0.3 is 6.03 Å². The first-order valence-electron chi connectivity index (χ1n) is 13.4. The summed E-state index contributed by atoms with van der Waals surface area (Å²) in [5.74, 6) is -0.0773. The Bertz CT molecular complexity index is 1360. The Morgan fingerprint density at radius 3 is 2.21 bits per heavy atom. The summed E-state index contributed by atoms with van der Waals surface area (Å²) in [5.41, 5.74) is 5.39. The minimum absolute atomic E-state index is 0.00801. The largest absolute Gasteiger partial charge is 0.347 e. The van der Waals surface area contributed by atoms with Gasteiger partial charge in [-0.2, -0.15) is 0 Å². The van der Waals surface area contributed by atoms with Gasteiger partial charge in [-0.1, -0.05) is 24.3 Å². The molecule has 0 atom stereocenters. The van der Waals surface area contributed by atoms with Crippen molar-refractivity contribution in [3.63, 3.8) is 0 Å². The van der Waals surface area contributed by atoms with Crippen LogP contribution in [-0.2, 0) is 25.2 Å². The van der Waals surface area contributed by atoms with Crippen molar-refractivity contribution in [3.05, 3.63) is 88.7 Å². The Hall–Kier alpha value is -4.11. The molecule has 1 fully saturated rings. The Kier molecular flexibility index (Phi) is 7.43. The molecular formula is C30H36N6O3. The van der Waals surface area contributed by atoms with Crippen molar-refractivity contribution in [2.75, 3.05) is 33.0 Å². The third kappa shape index (κ3) is 5.27. The quantitative estimate of drug-likeness (QED) is 0.435. The first kappa shape index (κ1) is 26.5. The highest BCUT2D eigenvalue weighted by atomic mass is 16.2. The molecule has 4 amide bonds. The van der Waals surface area contributed by atoms with Crippen LogP contribution in [0.3, 0.4) is 0 Å². The molecule has 2 aliphatic rings. The number of amides is 4. The van der Waals surface area contributed by atoms with Gasteiger partial charge in [0.15, 0.2) is 0 Å². The molecule has 39 heavy (non-hydrogen) atoms. The minimum Gasteiger partial charge on any atom is -0.347 e. The molecule has 0 saturated heterocycles. The molecule has 2 aromatic carbocycles. The predicted octanol–water partition coefficient (Wildman–Crippen LogP) is 3.77. The van der Waals surface area contributed by atoms with Gasteiger partial charge in [0, 0.05) is 64.3 Å². The topological polar surface area (TPSA) is 98.7 Å². The van der Waals surface area contributed by atoms with E-state index in [4.69, 9.17) is 0 Å². The van der Waals surface area contributed by atoms with Crippen LogP contribution >= 0.6 is 0 Å². The molecule has 1 aliphatic carbocycles. The standard InChI is InChI=1S/C30H36N6O3/c1-31-29(39)33-24-11-7-21(8-12-24)19-32-27(37)25-13-14-26-30(15-4-16-30)35(17-18-36(25)26)20-22-5-9-23(10-6-22)28(38)34(2)3/h5-14H,4,15-20H2,1-3H3,(H,32,37)(H2,31,33,39).